The van der Waals surface area contributed by atoms with Crippen molar-refractivity contribution in [1.82, 2.24) is 5.32 Å². The van der Waals surface area contributed by atoms with Crippen molar-refractivity contribution >= 4 is 5.91 Å². The zero-order valence-electron chi connectivity index (χ0n) is 61.4. The molecular weight excluding hydrogens is 1260 g/mol. The number of carbonyl (C=O) groups excluding carboxylic acids is 1. The molecule has 1 amide bonds. The summed E-state index contributed by atoms with van der Waals surface area (Å²) in [4.78, 5) is 12.4. The molecule has 22 atom stereocenters. The van der Waals surface area contributed by atoms with Crippen molar-refractivity contribution in [1.29, 1.82) is 0 Å². The van der Waals surface area contributed by atoms with Gasteiger partial charge in [0.05, 0.1) is 80.3 Å². The molecule has 19 N–H and O–H groups in total. The number of amides is 1. The van der Waals surface area contributed by atoms with Crippen LogP contribution in [0.5, 0.6) is 0 Å². The highest BCUT2D eigenvalue weighted by Gasteiger charge is 2.43. The molecule has 584 valence electrons. The van der Waals surface area contributed by atoms with Gasteiger partial charge in [-0.15, -0.1) is 0 Å². The molecule has 4 saturated carbocycles. The monoisotopic (exact) mass is 1410 g/mol. The van der Waals surface area contributed by atoms with Gasteiger partial charge in [-0.2, -0.15) is 0 Å². The van der Waals surface area contributed by atoms with Gasteiger partial charge < -0.3 is 121 Å². The van der Waals surface area contributed by atoms with E-state index in [4.69, 9.17) is 49.6 Å². The maximum atomic E-state index is 12.4. The summed E-state index contributed by atoms with van der Waals surface area (Å²) in [6, 6.07) is -0.364. The minimum absolute atomic E-state index is 0.00602. The van der Waals surface area contributed by atoms with Gasteiger partial charge >= 0.3 is 0 Å². The predicted octanol–water partition coefficient (Wildman–Crippen LogP) is 4.28. The van der Waals surface area contributed by atoms with Gasteiger partial charge in [-0.1, -0.05) is 182 Å². The molecular formula is C72H147NO24. The van der Waals surface area contributed by atoms with Crippen molar-refractivity contribution in [2.24, 2.45) is 11.8 Å². The molecule has 0 aliphatic heterocycles. The number of hydrogen-bond acceptors (Lipinski definition) is 24. The predicted molar refractivity (Wildman–Crippen MR) is 373 cm³/mol. The summed E-state index contributed by atoms with van der Waals surface area (Å²) in [6.07, 6.45) is 22.4. The summed E-state index contributed by atoms with van der Waals surface area (Å²) in [5.74, 6) is -0.0666. The molecule has 4 fully saturated rings. The van der Waals surface area contributed by atoms with E-state index in [0.717, 1.165) is 38.5 Å². The first-order valence-corrected chi connectivity index (χ1v) is 37.3. The highest BCUT2D eigenvalue weighted by Crippen LogP contribution is 2.28. The van der Waals surface area contributed by atoms with Crippen LogP contribution in [-0.4, -0.2) is 281 Å². The standard InChI is InChI=1S/C35H71NO3.C9H18O4.C8H16O5.C8H16O4.C7H14O4.C5H12O4/c1-5-7-8-9-10-11-12-13-14-15-16-17-18-19-20-21-22-23-24-25-26-27-28-29-34(38)36-32(30-31(3)4)35(39)33(37)6-2;1-13-7-5-3-2-4-6(10)8(11)9(7)12;1-13-5-2-4(3-9)6(10)8(12)7(5)11;1-12-6-4-2-3-5(9)7(10)8(6)11;1-11-5-3-2-4(8)6(9)7(5)10;1-9-3-5(8)4(7)2-6/h31-33,35,37,39H,5-30H2,1-4H3,(H,36,38);6-12H,2-5H2,1H3;4-12H,2-3H2,1H3;5-11H,2-4H2,1H3;4-10H,2-3H2,1H3;4-8H,2-3H2,1H3/t32-,33+,35-;6-,7-,8-,9-;4-,5+,6+,7+,8+;5-,6-,7-,8-;4-,5-,6-,7-;4-,5-/m001000/s1. The third kappa shape index (κ3) is 44.7. The Hall–Kier alpha value is -1.45. The summed E-state index contributed by atoms with van der Waals surface area (Å²) in [6.45, 7) is 7.68. The van der Waals surface area contributed by atoms with E-state index < -0.39 is 116 Å². The van der Waals surface area contributed by atoms with Gasteiger partial charge in [-0.25, -0.2) is 0 Å². The molecule has 25 nitrogen and oxygen atoms in total. The number of aliphatic hydroxyl groups is 18. The van der Waals surface area contributed by atoms with Crippen LogP contribution in [0.1, 0.15) is 259 Å². The topological polar surface area (TPSA) is 439 Å². The van der Waals surface area contributed by atoms with E-state index >= 15 is 0 Å². The molecule has 0 aromatic rings. The molecule has 0 saturated heterocycles. The lowest BCUT2D eigenvalue weighted by atomic mass is 9.81. The number of methoxy groups -OCH3 is 5. The van der Waals surface area contributed by atoms with Crippen LogP contribution in [0, 0.1) is 11.8 Å². The van der Waals surface area contributed by atoms with E-state index in [1.165, 1.54) is 170 Å². The molecule has 0 heterocycles. The molecule has 4 rings (SSSR count). The second-order valence-electron chi connectivity index (χ2n) is 27.8. The first kappa shape index (κ1) is 97.6. The van der Waals surface area contributed by atoms with Crippen molar-refractivity contribution in [3.63, 3.8) is 0 Å². The van der Waals surface area contributed by atoms with Gasteiger partial charge in [0, 0.05) is 54.5 Å². The van der Waals surface area contributed by atoms with E-state index in [-0.39, 0.29) is 43.5 Å². The van der Waals surface area contributed by atoms with Gasteiger partial charge in [0.15, 0.2) is 0 Å². The van der Waals surface area contributed by atoms with Crippen molar-refractivity contribution in [2.75, 3.05) is 55.4 Å². The fraction of sp³-hybridized carbons (Fsp3) is 0.986. The van der Waals surface area contributed by atoms with Crippen molar-refractivity contribution < 1.29 is 120 Å². The Morgan fingerprint density at radius 1 is 0.412 bits per heavy atom. The number of carbonyl (C=O) groups is 1. The highest BCUT2D eigenvalue weighted by molar-refractivity contribution is 5.76. The maximum Gasteiger partial charge on any atom is 0.220 e. The van der Waals surface area contributed by atoms with Crippen LogP contribution in [0.2, 0.25) is 0 Å². The average Bonchev–Trinajstić information content (AvgIpc) is 1.38. The Kier molecular flexibility index (Phi) is 62.4. The van der Waals surface area contributed by atoms with E-state index in [1.54, 1.807) is 0 Å². The summed E-state index contributed by atoms with van der Waals surface area (Å²) < 4.78 is 24.3. The first-order chi connectivity index (χ1) is 46.2. The van der Waals surface area contributed by atoms with Crippen LogP contribution in [-0.2, 0) is 28.5 Å². The van der Waals surface area contributed by atoms with Crippen LogP contribution in [0.15, 0.2) is 0 Å². The largest absolute Gasteiger partial charge is 0.396 e. The number of unbranched alkanes of at least 4 members (excludes halogenated alkanes) is 22. The third-order valence-electron chi connectivity index (χ3n) is 19.2. The van der Waals surface area contributed by atoms with Gasteiger partial charge in [-0.05, 0) is 76.5 Å². The van der Waals surface area contributed by atoms with Crippen LogP contribution < -0.4 is 5.32 Å². The van der Waals surface area contributed by atoms with Gasteiger partial charge in [-0.3, -0.25) is 4.79 Å². The van der Waals surface area contributed by atoms with E-state index in [2.05, 4.69) is 30.8 Å². The van der Waals surface area contributed by atoms with Gasteiger partial charge in [0.1, 0.15) is 61.0 Å². The average molecular weight is 1410 g/mol. The second-order valence-corrected chi connectivity index (χ2v) is 27.8. The molecule has 25 heteroatoms. The van der Waals surface area contributed by atoms with Crippen molar-refractivity contribution in [3.8, 4) is 0 Å². The highest BCUT2D eigenvalue weighted by atomic mass is 16.5. The lowest BCUT2D eigenvalue weighted by Gasteiger charge is -2.38. The van der Waals surface area contributed by atoms with Crippen LogP contribution >= 0.6 is 0 Å². The smallest absolute Gasteiger partial charge is 0.220 e. The first-order valence-electron chi connectivity index (χ1n) is 37.3. The maximum absolute atomic E-state index is 12.4. The summed E-state index contributed by atoms with van der Waals surface area (Å²) >= 11 is 0. The Bertz CT molecular complexity index is 1710. The lowest BCUT2D eigenvalue weighted by Crippen LogP contribution is -2.54. The summed E-state index contributed by atoms with van der Waals surface area (Å²) in [5.41, 5.74) is 0. The Morgan fingerprint density at radius 3 is 1.14 bits per heavy atom. The minimum atomic E-state index is -1.24. The number of aliphatic hydroxyl groups excluding tert-OH is 18. The molecule has 0 aromatic carbocycles. The molecule has 97 heavy (non-hydrogen) atoms. The fourth-order valence-electron chi connectivity index (χ4n) is 12.5. The Balaban J connectivity index is 0. The lowest BCUT2D eigenvalue weighted by molar-refractivity contribution is -0.170. The Labute approximate surface area is 583 Å². The van der Waals surface area contributed by atoms with Gasteiger partial charge in [0.25, 0.3) is 0 Å². The normalized spacial score (nSPS) is 29.8. The summed E-state index contributed by atoms with van der Waals surface area (Å²) in [7, 11) is 7.32. The SMILES string of the molecule is CCCCCCCCCCCCCCCCCCCCCCCCCC(=O)N[C@@H](CC(C)C)[C@H](O)[C@H](O)CC.COC[C@H](O)[C@@H](O)CO.CO[C@H]1CCCC[C@H](O)[C@H](O)[C@H]1O.CO[C@H]1CCC[C@H](O)[C@H](O)[C@H]1O.CO[C@H]1CC[C@H](O)[C@H](O)[C@H]1O.CO[C@H]1C[C@H](CO)[C@H](O)[C@H](O)[C@H]1O. The number of hydrogen-bond donors (Lipinski definition) is 19. The fourth-order valence-corrected chi connectivity index (χ4v) is 12.5. The van der Waals surface area contributed by atoms with Gasteiger partial charge in [0.2, 0.25) is 5.91 Å². The third-order valence-corrected chi connectivity index (χ3v) is 19.2. The number of ether oxygens (including phenoxy) is 5. The quantitative estimate of drug-likeness (QED) is 0.0302. The van der Waals surface area contributed by atoms with Crippen LogP contribution in [0.25, 0.3) is 0 Å². The molecule has 0 aromatic heterocycles. The van der Waals surface area contributed by atoms with E-state index in [0.29, 0.717) is 63.7 Å². The molecule has 0 unspecified atom stereocenters. The second kappa shape index (κ2) is 62.0. The van der Waals surface area contributed by atoms with Crippen molar-refractivity contribution in [3.05, 3.63) is 0 Å². The zero-order valence-corrected chi connectivity index (χ0v) is 61.4. The van der Waals surface area contributed by atoms with Crippen LogP contribution in [0.4, 0.5) is 0 Å². The zero-order chi connectivity index (χ0) is 73.7. The molecule has 4 aliphatic carbocycles. The van der Waals surface area contributed by atoms with Crippen LogP contribution in [0.3, 0.4) is 0 Å². The molecule has 0 radical (unpaired) electrons. The van der Waals surface area contributed by atoms with E-state index in [1.807, 2.05) is 6.92 Å². The molecule has 4 aliphatic rings. The minimum Gasteiger partial charge on any atom is -0.396 e. The Morgan fingerprint density at radius 2 is 0.773 bits per heavy atom. The number of rotatable bonds is 39. The molecule has 0 spiro atoms. The summed E-state index contributed by atoms with van der Waals surface area (Å²) in [5, 5.41) is 170. The number of nitrogens with one attached hydrogen (secondary N) is 1. The van der Waals surface area contributed by atoms with Crippen molar-refractivity contribution in [2.45, 2.75) is 387 Å². The molecule has 0 bridgehead atoms. The van der Waals surface area contributed by atoms with E-state index in [9.17, 15) is 66.1 Å².